The van der Waals surface area contributed by atoms with Crippen molar-refractivity contribution in [1.82, 2.24) is 5.32 Å². The molecule has 3 rings (SSSR count). The molecule has 1 aromatic heterocycles. The van der Waals surface area contributed by atoms with Crippen molar-refractivity contribution in [1.29, 1.82) is 0 Å². The van der Waals surface area contributed by atoms with Gasteiger partial charge in [0.2, 0.25) is 0 Å². The van der Waals surface area contributed by atoms with Crippen LogP contribution in [0.25, 0.3) is 11.1 Å². The number of carbonyl (C=O) groups is 3. The van der Waals surface area contributed by atoms with Crippen molar-refractivity contribution >= 4 is 29.1 Å². The van der Waals surface area contributed by atoms with E-state index >= 15 is 0 Å². The van der Waals surface area contributed by atoms with Crippen LogP contribution in [0.5, 0.6) is 5.75 Å². The maximum absolute atomic E-state index is 12.4. The molecule has 1 heterocycles. The number of amides is 2. The number of ether oxygens (including phenoxy) is 2. The summed E-state index contributed by atoms with van der Waals surface area (Å²) in [6, 6.07) is 16.1. The Bertz CT molecular complexity index is 1040. The smallest absolute Gasteiger partial charge is 0.349 e. The third-order valence-corrected chi connectivity index (χ3v) is 5.05. The Kier molecular flexibility index (Phi) is 6.41. The number of imide groups is 1. The Morgan fingerprint density at radius 2 is 1.72 bits per heavy atom. The van der Waals surface area contributed by atoms with Gasteiger partial charge in [-0.25, -0.2) is 4.79 Å². The van der Waals surface area contributed by atoms with Crippen LogP contribution < -0.4 is 10.1 Å². The molecule has 148 valence electrons. The van der Waals surface area contributed by atoms with Gasteiger partial charge < -0.3 is 9.47 Å². The fraction of sp³-hybridized carbons (Fsp3) is 0.136. The Morgan fingerprint density at radius 3 is 2.45 bits per heavy atom. The second-order valence-corrected chi connectivity index (χ2v) is 7.10. The third-order valence-electron chi connectivity index (χ3n) is 4.15. The van der Waals surface area contributed by atoms with Crippen molar-refractivity contribution in [2.45, 2.75) is 6.92 Å². The molecule has 2 aromatic carbocycles. The van der Waals surface area contributed by atoms with E-state index in [0.29, 0.717) is 10.6 Å². The van der Waals surface area contributed by atoms with Crippen LogP contribution in [0.1, 0.15) is 25.6 Å². The lowest BCUT2D eigenvalue weighted by Gasteiger charge is -2.09. The highest BCUT2D eigenvalue weighted by Crippen LogP contribution is 2.29. The minimum Gasteiger partial charge on any atom is -0.496 e. The van der Waals surface area contributed by atoms with E-state index in [4.69, 9.17) is 9.47 Å². The summed E-state index contributed by atoms with van der Waals surface area (Å²) < 4.78 is 10.2. The Morgan fingerprint density at radius 1 is 1.00 bits per heavy atom. The van der Waals surface area contributed by atoms with E-state index < -0.39 is 24.4 Å². The van der Waals surface area contributed by atoms with Crippen molar-refractivity contribution in [3.05, 3.63) is 76.0 Å². The van der Waals surface area contributed by atoms with E-state index in [1.165, 1.54) is 24.5 Å². The predicted octanol–water partition coefficient (Wildman–Crippen LogP) is 3.85. The Balaban J connectivity index is 1.61. The molecule has 0 saturated heterocycles. The zero-order valence-electron chi connectivity index (χ0n) is 15.9. The number of hydrogen-bond donors (Lipinski definition) is 1. The van der Waals surface area contributed by atoms with Crippen LogP contribution in [0, 0.1) is 6.92 Å². The number of benzene rings is 2. The second-order valence-electron chi connectivity index (χ2n) is 6.18. The molecule has 0 bridgehead atoms. The molecule has 0 aliphatic heterocycles. The molecular formula is C22H19NO5S. The fourth-order valence-electron chi connectivity index (χ4n) is 2.69. The number of aryl methyl sites for hydroxylation is 1. The van der Waals surface area contributed by atoms with Gasteiger partial charge in [0.25, 0.3) is 11.8 Å². The van der Waals surface area contributed by atoms with Gasteiger partial charge >= 0.3 is 5.97 Å². The lowest BCUT2D eigenvalue weighted by Crippen LogP contribution is -2.34. The van der Waals surface area contributed by atoms with Crippen LogP contribution in [0.3, 0.4) is 0 Å². The number of rotatable bonds is 6. The predicted molar refractivity (Wildman–Crippen MR) is 110 cm³/mol. The summed E-state index contributed by atoms with van der Waals surface area (Å²) in [5, 5.41) is 3.98. The van der Waals surface area contributed by atoms with E-state index in [1.807, 2.05) is 37.3 Å². The summed E-state index contributed by atoms with van der Waals surface area (Å²) in [4.78, 5) is 37.1. The highest BCUT2D eigenvalue weighted by Gasteiger charge is 2.19. The zero-order chi connectivity index (χ0) is 20.8. The minimum absolute atomic E-state index is 0.217. The molecular weight excluding hydrogens is 390 g/mol. The maximum Gasteiger partial charge on any atom is 0.349 e. The van der Waals surface area contributed by atoms with Gasteiger partial charge in [-0.2, -0.15) is 0 Å². The molecule has 0 atom stereocenters. The average molecular weight is 409 g/mol. The van der Waals surface area contributed by atoms with Crippen LogP contribution in [0.15, 0.2) is 60.0 Å². The quantitative estimate of drug-likeness (QED) is 0.626. The molecule has 2 amide bonds. The third kappa shape index (κ3) is 4.89. The summed E-state index contributed by atoms with van der Waals surface area (Å²) in [5.41, 5.74) is 2.96. The summed E-state index contributed by atoms with van der Waals surface area (Å²) in [6.45, 7) is 1.42. The van der Waals surface area contributed by atoms with Crippen molar-refractivity contribution < 1.29 is 23.9 Å². The van der Waals surface area contributed by atoms with E-state index in [1.54, 1.807) is 23.6 Å². The average Bonchev–Trinajstić information content (AvgIpc) is 3.22. The van der Waals surface area contributed by atoms with Gasteiger partial charge in [-0.1, -0.05) is 42.0 Å². The second kappa shape index (κ2) is 9.16. The molecule has 0 unspecified atom stereocenters. The molecule has 0 aliphatic carbocycles. The van der Waals surface area contributed by atoms with Crippen LogP contribution in [-0.2, 0) is 9.53 Å². The molecule has 7 heteroatoms. The van der Waals surface area contributed by atoms with Crippen molar-refractivity contribution in [3.63, 3.8) is 0 Å². The maximum atomic E-state index is 12.4. The highest BCUT2D eigenvalue weighted by atomic mass is 32.1. The van der Waals surface area contributed by atoms with Gasteiger partial charge in [0, 0.05) is 5.56 Å². The molecule has 3 aromatic rings. The Hall–Kier alpha value is -3.45. The lowest BCUT2D eigenvalue weighted by atomic mass is 10.1. The first kappa shape index (κ1) is 20.3. The normalized spacial score (nSPS) is 10.3. The molecule has 29 heavy (non-hydrogen) atoms. The van der Waals surface area contributed by atoms with Crippen LogP contribution in [-0.4, -0.2) is 31.5 Å². The molecule has 0 fully saturated rings. The van der Waals surface area contributed by atoms with Crippen LogP contribution in [0.2, 0.25) is 0 Å². The largest absolute Gasteiger partial charge is 0.496 e. The first-order valence-electron chi connectivity index (χ1n) is 8.78. The summed E-state index contributed by atoms with van der Waals surface area (Å²) in [6.07, 6.45) is 0. The minimum atomic E-state index is -0.720. The Labute approximate surface area is 172 Å². The van der Waals surface area contributed by atoms with Crippen molar-refractivity contribution in [3.8, 4) is 16.9 Å². The summed E-state index contributed by atoms with van der Waals surface area (Å²) in [5.74, 6) is -1.62. The van der Waals surface area contributed by atoms with Gasteiger partial charge in [0.15, 0.2) is 6.61 Å². The molecule has 0 radical (unpaired) electrons. The van der Waals surface area contributed by atoms with E-state index in [-0.39, 0.29) is 5.56 Å². The van der Waals surface area contributed by atoms with Crippen LogP contribution >= 0.6 is 11.3 Å². The number of carbonyl (C=O) groups excluding carboxylic acids is 3. The first-order valence-corrected chi connectivity index (χ1v) is 9.66. The highest BCUT2D eigenvalue weighted by molar-refractivity contribution is 7.12. The summed E-state index contributed by atoms with van der Waals surface area (Å²) >= 11 is 1.23. The number of thiophene rings is 1. The van der Waals surface area contributed by atoms with E-state index in [9.17, 15) is 14.4 Å². The van der Waals surface area contributed by atoms with Gasteiger partial charge in [-0.3, -0.25) is 14.9 Å². The fourth-order valence-corrected chi connectivity index (χ4v) is 3.49. The molecule has 0 spiro atoms. The van der Waals surface area contributed by atoms with Gasteiger partial charge in [0.05, 0.1) is 12.7 Å². The monoisotopic (exact) mass is 409 g/mol. The van der Waals surface area contributed by atoms with Gasteiger partial charge in [-0.05, 0) is 36.1 Å². The molecule has 6 nitrogen and oxygen atoms in total. The van der Waals surface area contributed by atoms with E-state index in [2.05, 4.69) is 5.32 Å². The topological polar surface area (TPSA) is 81.7 Å². The number of hydrogen-bond acceptors (Lipinski definition) is 6. The number of esters is 1. The van der Waals surface area contributed by atoms with Gasteiger partial charge in [-0.15, -0.1) is 11.3 Å². The molecule has 0 aliphatic rings. The first-order chi connectivity index (χ1) is 14.0. The number of para-hydroxylation sites is 1. The van der Waals surface area contributed by atoms with E-state index in [0.717, 1.165) is 16.7 Å². The standard InChI is InChI=1S/C22H19NO5S/c1-14-7-9-15(10-8-14)16-11-12-29-20(16)22(26)28-13-19(24)23-21(25)17-5-3-4-6-18(17)27-2/h3-12H,13H2,1-2H3,(H,23,24,25). The SMILES string of the molecule is COc1ccccc1C(=O)NC(=O)COC(=O)c1sccc1-c1ccc(C)cc1. The number of nitrogens with one attached hydrogen (secondary N) is 1. The number of methoxy groups -OCH3 is 1. The molecule has 0 saturated carbocycles. The van der Waals surface area contributed by atoms with Gasteiger partial charge in [0.1, 0.15) is 10.6 Å². The molecule has 1 N–H and O–H groups in total. The summed E-state index contributed by atoms with van der Waals surface area (Å²) in [7, 11) is 1.43. The zero-order valence-corrected chi connectivity index (χ0v) is 16.7. The van der Waals surface area contributed by atoms with Crippen LogP contribution in [0.4, 0.5) is 0 Å². The van der Waals surface area contributed by atoms with Crippen molar-refractivity contribution in [2.75, 3.05) is 13.7 Å². The van der Waals surface area contributed by atoms with Crippen molar-refractivity contribution in [2.24, 2.45) is 0 Å². The lowest BCUT2D eigenvalue weighted by molar-refractivity contribution is -0.123.